The Morgan fingerprint density at radius 3 is 2.82 bits per heavy atom. The van der Waals surface area contributed by atoms with Crippen LogP contribution in [0.2, 0.25) is 0 Å². The van der Waals surface area contributed by atoms with Crippen LogP contribution in [0.25, 0.3) is 11.0 Å². The maximum Gasteiger partial charge on any atom is 0.248 e. The predicted octanol–water partition coefficient (Wildman–Crippen LogP) is 2.70. The number of pyridine rings is 1. The number of sulfonamides is 1. The Morgan fingerprint density at radius 1 is 1.32 bits per heavy atom. The maximum absolute atomic E-state index is 13.3. The number of likely N-dealkylation sites (N-methyl/N-ethyl adjacent to an activating group) is 1. The van der Waals surface area contributed by atoms with E-state index in [9.17, 15) is 8.42 Å². The molecule has 1 aliphatic rings. The van der Waals surface area contributed by atoms with E-state index in [1.54, 1.807) is 24.3 Å². The van der Waals surface area contributed by atoms with E-state index in [-0.39, 0.29) is 10.9 Å². The number of piperidine rings is 1. The van der Waals surface area contributed by atoms with Crippen LogP contribution in [0.1, 0.15) is 24.8 Å². The van der Waals surface area contributed by atoms with Crippen LogP contribution < -0.4 is 4.90 Å². The fraction of sp³-hybridized carbons (Fsp3) is 0.474. The van der Waals surface area contributed by atoms with Crippen molar-refractivity contribution in [3.8, 4) is 0 Å². The second-order valence-electron chi connectivity index (χ2n) is 7.53. The normalized spacial score (nSPS) is 21.3. The lowest BCUT2D eigenvalue weighted by Gasteiger charge is -2.42. The minimum atomic E-state index is -3.65. The first-order valence-electron chi connectivity index (χ1n) is 9.38. The molecule has 0 radical (unpaired) electrons. The van der Waals surface area contributed by atoms with Gasteiger partial charge in [-0.05, 0) is 38.3 Å². The molecule has 0 saturated carbocycles. The minimum absolute atomic E-state index is 0.0458. The third kappa shape index (κ3) is 2.98. The van der Waals surface area contributed by atoms with Gasteiger partial charge in [0.15, 0.2) is 5.76 Å². The Balaban J connectivity index is 1.66. The van der Waals surface area contributed by atoms with Crippen LogP contribution in [-0.2, 0) is 10.0 Å². The molecule has 150 valence electrons. The zero-order valence-corrected chi connectivity index (χ0v) is 17.3. The van der Waals surface area contributed by atoms with Gasteiger partial charge in [-0.2, -0.15) is 4.31 Å². The fourth-order valence-electron chi connectivity index (χ4n) is 4.15. The fourth-order valence-corrected chi connectivity index (χ4v) is 5.91. The zero-order chi connectivity index (χ0) is 20.1. The first kappa shape index (κ1) is 18.9. The number of hydrogen-bond donors (Lipinski definition) is 1. The second-order valence-corrected chi connectivity index (χ2v) is 9.41. The molecule has 0 spiro atoms. The number of rotatable bonds is 4. The third-order valence-electron chi connectivity index (χ3n) is 5.76. The van der Waals surface area contributed by atoms with E-state index in [1.807, 2.05) is 25.4 Å². The van der Waals surface area contributed by atoms with Crippen molar-refractivity contribution in [3.05, 3.63) is 36.0 Å². The molecule has 0 unspecified atom stereocenters. The summed E-state index contributed by atoms with van der Waals surface area (Å²) in [6.45, 7) is 6.39. The van der Waals surface area contributed by atoms with Crippen molar-refractivity contribution < 1.29 is 12.9 Å². The van der Waals surface area contributed by atoms with Crippen LogP contribution >= 0.6 is 0 Å². The molecule has 4 heterocycles. The van der Waals surface area contributed by atoms with E-state index < -0.39 is 10.0 Å². The summed E-state index contributed by atoms with van der Waals surface area (Å²) in [5.74, 6) is 0.687. The molecule has 8 nitrogen and oxygen atoms in total. The van der Waals surface area contributed by atoms with E-state index in [0.29, 0.717) is 30.5 Å². The molecule has 0 bridgehead atoms. The Kier molecular flexibility index (Phi) is 4.67. The van der Waals surface area contributed by atoms with Crippen LogP contribution in [0.3, 0.4) is 0 Å². The summed E-state index contributed by atoms with van der Waals surface area (Å²) >= 11 is 0. The smallest absolute Gasteiger partial charge is 0.248 e. The van der Waals surface area contributed by atoms with Gasteiger partial charge in [0.1, 0.15) is 16.2 Å². The lowest BCUT2D eigenvalue weighted by Crippen LogP contribution is -2.52. The molecule has 0 aromatic carbocycles. The summed E-state index contributed by atoms with van der Waals surface area (Å²) in [4.78, 5) is 9.85. The van der Waals surface area contributed by atoms with Crippen molar-refractivity contribution in [1.82, 2.24) is 19.4 Å². The largest absolute Gasteiger partial charge is 0.369 e. The molecular formula is C19H25N5O3S. The minimum Gasteiger partial charge on any atom is -0.369 e. The summed E-state index contributed by atoms with van der Waals surface area (Å²) in [7, 11) is -1.63. The molecule has 0 amide bonds. The average molecular weight is 404 g/mol. The van der Waals surface area contributed by atoms with Gasteiger partial charge in [0.2, 0.25) is 10.0 Å². The molecular weight excluding hydrogens is 378 g/mol. The summed E-state index contributed by atoms with van der Waals surface area (Å²) in [5.41, 5.74) is 2.27. The second kappa shape index (κ2) is 6.89. The molecule has 1 N–H and O–H groups in total. The Labute approximate surface area is 164 Å². The quantitative estimate of drug-likeness (QED) is 0.720. The monoisotopic (exact) mass is 403 g/mol. The summed E-state index contributed by atoms with van der Waals surface area (Å²) in [6, 6.07) is 4.02. The predicted molar refractivity (Wildman–Crippen MR) is 107 cm³/mol. The van der Waals surface area contributed by atoms with Gasteiger partial charge in [0.25, 0.3) is 0 Å². The summed E-state index contributed by atoms with van der Waals surface area (Å²) in [6.07, 6.45) is 4.43. The number of anilines is 1. The van der Waals surface area contributed by atoms with Gasteiger partial charge in [0.05, 0.1) is 0 Å². The molecule has 3 aromatic rings. The number of hydrogen-bond acceptors (Lipinski definition) is 6. The van der Waals surface area contributed by atoms with Crippen molar-refractivity contribution >= 4 is 26.7 Å². The number of aromatic amines is 1. The molecule has 9 heteroatoms. The van der Waals surface area contributed by atoms with Gasteiger partial charge in [-0.25, -0.2) is 13.4 Å². The molecule has 28 heavy (non-hydrogen) atoms. The van der Waals surface area contributed by atoms with E-state index in [0.717, 1.165) is 23.1 Å². The standard InChI is InChI=1S/C19H25N5O3S/c1-12-7-10-24(28(25,26)18-13(2)22-27-14(18)3)11-17(12)23(4)16-6-9-21-19-15(16)5-8-20-19/h5-6,8-9,12,17H,7,10-11H2,1-4H3,(H,20,21)/t12-,17+/m1/s1. The van der Waals surface area contributed by atoms with Crippen molar-refractivity contribution in [2.75, 3.05) is 25.0 Å². The van der Waals surface area contributed by atoms with Crippen molar-refractivity contribution in [2.24, 2.45) is 5.92 Å². The molecule has 0 aliphatic carbocycles. The Morgan fingerprint density at radius 2 is 2.11 bits per heavy atom. The van der Waals surface area contributed by atoms with E-state index >= 15 is 0 Å². The van der Waals surface area contributed by atoms with E-state index in [1.165, 1.54) is 0 Å². The van der Waals surface area contributed by atoms with Gasteiger partial charge in [0, 0.05) is 49.6 Å². The van der Waals surface area contributed by atoms with Crippen LogP contribution in [-0.4, -0.2) is 54.0 Å². The van der Waals surface area contributed by atoms with Gasteiger partial charge >= 0.3 is 0 Å². The Hall–Kier alpha value is -2.39. The van der Waals surface area contributed by atoms with Gasteiger partial charge in [-0.15, -0.1) is 0 Å². The van der Waals surface area contributed by atoms with Crippen LogP contribution in [0.15, 0.2) is 33.9 Å². The number of fused-ring (bicyclic) bond motifs is 1. The third-order valence-corrected chi connectivity index (χ3v) is 7.87. The van der Waals surface area contributed by atoms with Crippen LogP contribution in [0.5, 0.6) is 0 Å². The van der Waals surface area contributed by atoms with Crippen molar-refractivity contribution in [3.63, 3.8) is 0 Å². The van der Waals surface area contributed by atoms with Crippen LogP contribution in [0.4, 0.5) is 5.69 Å². The van der Waals surface area contributed by atoms with Gasteiger partial charge in [-0.1, -0.05) is 12.1 Å². The summed E-state index contributed by atoms with van der Waals surface area (Å²) < 4.78 is 33.2. The highest BCUT2D eigenvalue weighted by Gasteiger charge is 2.38. The number of nitrogens with zero attached hydrogens (tertiary/aromatic N) is 4. The first-order chi connectivity index (χ1) is 13.3. The number of aromatic nitrogens is 3. The topological polar surface area (TPSA) is 95.3 Å². The lowest BCUT2D eigenvalue weighted by atomic mass is 9.93. The molecule has 4 rings (SSSR count). The van der Waals surface area contributed by atoms with Gasteiger partial charge in [-0.3, -0.25) is 0 Å². The highest BCUT2D eigenvalue weighted by molar-refractivity contribution is 7.89. The molecule has 1 fully saturated rings. The van der Waals surface area contributed by atoms with E-state index in [4.69, 9.17) is 4.52 Å². The Bertz CT molecular complexity index is 1080. The number of H-pyrrole nitrogens is 1. The maximum atomic E-state index is 13.3. The molecule has 1 aliphatic heterocycles. The zero-order valence-electron chi connectivity index (χ0n) is 16.5. The SMILES string of the molecule is Cc1noc(C)c1S(=O)(=O)N1CC[C@@H](C)[C@@H](N(C)c2ccnc3[nH]ccc23)C1. The number of nitrogens with one attached hydrogen (secondary N) is 1. The van der Waals surface area contributed by atoms with Crippen molar-refractivity contribution in [1.29, 1.82) is 0 Å². The molecule has 1 saturated heterocycles. The van der Waals surface area contributed by atoms with Crippen molar-refractivity contribution in [2.45, 2.75) is 38.1 Å². The van der Waals surface area contributed by atoms with Crippen LogP contribution in [0, 0.1) is 19.8 Å². The molecule has 2 atom stereocenters. The first-order valence-corrected chi connectivity index (χ1v) is 10.8. The average Bonchev–Trinajstić information content (AvgIpc) is 3.27. The van der Waals surface area contributed by atoms with E-state index in [2.05, 4.69) is 26.9 Å². The van der Waals surface area contributed by atoms with Gasteiger partial charge < -0.3 is 14.4 Å². The number of aryl methyl sites for hydroxylation is 2. The lowest BCUT2D eigenvalue weighted by molar-refractivity contribution is 0.247. The summed E-state index contributed by atoms with van der Waals surface area (Å²) in [5, 5.41) is 4.85. The highest BCUT2D eigenvalue weighted by Crippen LogP contribution is 2.33. The highest BCUT2D eigenvalue weighted by atomic mass is 32.2. The molecule has 3 aromatic heterocycles.